The molecule has 1 aliphatic carbocycles. The van der Waals surface area contributed by atoms with Crippen LogP contribution in [0.15, 0.2) is 18.3 Å². The van der Waals surface area contributed by atoms with Crippen LogP contribution in [0.3, 0.4) is 0 Å². The average Bonchev–Trinajstić information content (AvgIpc) is 2.32. The lowest BCUT2D eigenvalue weighted by atomic mass is 9.82. The fraction of sp³-hybridized carbons (Fsp3) is 0.500. The Morgan fingerprint density at radius 2 is 2.41 bits per heavy atom. The second kappa shape index (κ2) is 5.14. The van der Waals surface area contributed by atoms with E-state index in [0.29, 0.717) is 17.3 Å². The summed E-state index contributed by atoms with van der Waals surface area (Å²) in [6.45, 7) is 0.720. The van der Waals surface area contributed by atoms with Gasteiger partial charge in [-0.25, -0.2) is 9.78 Å². The Bertz CT molecular complexity index is 402. The highest BCUT2D eigenvalue weighted by Crippen LogP contribution is 2.27. The van der Waals surface area contributed by atoms with Gasteiger partial charge in [0, 0.05) is 12.7 Å². The van der Waals surface area contributed by atoms with Gasteiger partial charge >= 0.3 is 5.97 Å². The predicted molar refractivity (Wildman–Crippen MR) is 62.8 cm³/mol. The quantitative estimate of drug-likeness (QED) is 0.765. The molecule has 17 heavy (non-hydrogen) atoms. The number of nitrogens with zero attached hydrogens (tertiary/aromatic N) is 1. The number of hydrogen-bond acceptors (Lipinski definition) is 5. The maximum atomic E-state index is 11.5. The van der Waals surface area contributed by atoms with E-state index in [2.05, 4.69) is 15.0 Å². The Morgan fingerprint density at radius 3 is 3.06 bits per heavy atom. The van der Waals surface area contributed by atoms with Gasteiger partial charge in [0.15, 0.2) is 0 Å². The maximum Gasteiger partial charge on any atom is 0.341 e. The zero-order valence-corrected chi connectivity index (χ0v) is 9.72. The molecule has 1 aromatic rings. The molecule has 1 fully saturated rings. The third-order valence-corrected chi connectivity index (χ3v) is 2.98. The molecule has 0 saturated heterocycles. The van der Waals surface area contributed by atoms with E-state index in [1.165, 1.54) is 7.11 Å². The van der Waals surface area contributed by atoms with Gasteiger partial charge < -0.3 is 15.2 Å². The van der Waals surface area contributed by atoms with Crippen LogP contribution in [-0.2, 0) is 4.74 Å². The van der Waals surface area contributed by atoms with Gasteiger partial charge in [-0.3, -0.25) is 0 Å². The molecule has 1 aliphatic rings. The molecule has 92 valence electrons. The topological polar surface area (TPSA) is 71.5 Å². The van der Waals surface area contributed by atoms with Crippen LogP contribution in [0, 0.1) is 5.92 Å². The molecule has 0 radical (unpaired) electrons. The van der Waals surface area contributed by atoms with Crippen LogP contribution in [0.1, 0.15) is 23.2 Å². The minimum absolute atomic E-state index is 0.161. The lowest BCUT2D eigenvalue weighted by Gasteiger charge is -2.31. The number of anilines is 1. The standard InChI is InChI=1S/C12H16N2O3/c1-17-12(16)10-3-2-4-13-11(10)14-7-8-5-9(15)6-8/h2-4,8-9,15H,5-7H2,1H3,(H,13,14). The number of carbonyl (C=O) groups is 1. The maximum absolute atomic E-state index is 11.5. The summed E-state index contributed by atoms with van der Waals surface area (Å²) in [6.07, 6.45) is 3.09. The summed E-state index contributed by atoms with van der Waals surface area (Å²) in [5.74, 6) is 0.604. The monoisotopic (exact) mass is 236 g/mol. The summed E-state index contributed by atoms with van der Waals surface area (Å²) in [7, 11) is 1.35. The summed E-state index contributed by atoms with van der Waals surface area (Å²) >= 11 is 0. The minimum atomic E-state index is -0.394. The first-order valence-electron chi connectivity index (χ1n) is 5.66. The molecular formula is C12H16N2O3. The number of methoxy groups -OCH3 is 1. The van der Waals surface area contributed by atoms with Crippen LogP contribution < -0.4 is 5.32 Å². The summed E-state index contributed by atoms with van der Waals surface area (Å²) in [6, 6.07) is 3.38. The van der Waals surface area contributed by atoms with E-state index in [1.54, 1.807) is 18.3 Å². The smallest absolute Gasteiger partial charge is 0.341 e. The van der Waals surface area contributed by atoms with Crippen molar-refractivity contribution in [1.82, 2.24) is 4.98 Å². The molecule has 0 spiro atoms. The number of pyridine rings is 1. The molecule has 1 aromatic heterocycles. The second-order valence-corrected chi connectivity index (χ2v) is 4.26. The summed E-state index contributed by atoms with van der Waals surface area (Å²) in [5, 5.41) is 12.3. The van der Waals surface area contributed by atoms with Gasteiger partial charge in [-0.15, -0.1) is 0 Å². The molecule has 5 heteroatoms. The Balaban J connectivity index is 1.97. The Labute approximate surface area is 99.8 Å². The number of aromatic nitrogens is 1. The number of hydrogen-bond donors (Lipinski definition) is 2. The first-order valence-corrected chi connectivity index (χ1v) is 5.66. The van der Waals surface area contributed by atoms with Crippen molar-refractivity contribution in [3.63, 3.8) is 0 Å². The lowest BCUT2D eigenvalue weighted by molar-refractivity contribution is 0.0485. The lowest BCUT2D eigenvalue weighted by Crippen LogP contribution is -2.33. The number of ether oxygens (including phenoxy) is 1. The molecule has 0 unspecified atom stereocenters. The second-order valence-electron chi connectivity index (χ2n) is 4.26. The van der Waals surface area contributed by atoms with E-state index in [4.69, 9.17) is 0 Å². The van der Waals surface area contributed by atoms with Crippen molar-refractivity contribution < 1.29 is 14.6 Å². The fourth-order valence-corrected chi connectivity index (χ4v) is 1.93. The van der Waals surface area contributed by atoms with Crippen molar-refractivity contribution in [2.24, 2.45) is 5.92 Å². The molecule has 0 aromatic carbocycles. The molecule has 2 N–H and O–H groups in total. The highest BCUT2D eigenvalue weighted by molar-refractivity contribution is 5.94. The van der Waals surface area contributed by atoms with Gasteiger partial charge in [0.25, 0.3) is 0 Å². The van der Waals surface area contributed by atoms with E-state index >= 15 is 0 Å². The van der Waals surface area contributed by atoms with Gasteiger partial charge in [-0.05, 0) is 30.9 Å². The zero-order valence-electron chi connectivity index (χ0n) is 9.72. The van der Waals surface area contributed by atoms with E-state index in [9.17, 15) is 9.90 Å². The Kier molecular flexibility index (Phi) is 3.58. The largest absolute Gasteiger partial charge is 0.465 e. The number of aliphatic hydroxyl groups is 1. The predicted octanol–water partition coefficient (Wildman–Crippen LogP) is 1.05. The molecule has 0 amide bonds. The van der Waals surface area contributed by atoms with Crippen LogP contribution in [0.5, 0.6) is 0 Å². The Hall–Kier alpha value is -1.62. The molecule has 1 saturated carbocycles. The van der Waals surface area contributed by atoms with Gasteiger partial charge in [0.2, 0.25) is 0 Å². The minimum Gasteiger partial charge on any atom is -0.465 e. The molecule has 1 heterocycles. The molecular weight excluding hydrogens is 220 g/mol. The highest BCUT2D eigenvalue weighted by atomic mass is 16.5. The van der Waals surface area contributed by atoms with E-state index in [0.717, 1.165) is 19.4 Å². The summed E-state index contributed by atoms with van der Waals surface area (Å²) in [4.78, 5) is 15.6. The molecule has 0 aliphatic heterocycles. The summed E-state index contributed by atoms with van der Waals surface area (Å²) < 4.78 is 4.68. The van der Waals surface area contributed by atoms with Crippen molar-refractivity contribution in [3.8, 4) is 0 Å². The van der Waals surface area contributed by atoms with Gasteiger partial charge in [-0.1, -0.05) is 0 Å². The fourth-order valence-electron chi connectivity index (χ4n) is 1.93. The molecule has 0 bridgehead atoms. The van der Waals surface area contributed by atoms with E-state index < -0.39 is 5.97 Å². The van der Waals surface area contributed by atoms with Gasteiger partial charge in [0.05, 0.1) is 13.2 Å². The van der Waals surface area contributed by atoms with Crippen LogP contribution in [0.4, 0.5) is 5.82 Å². The molecule has 2 rings (SSSR count). The summed E-state index contributed by atoms with van der Waals surface area (Å²) in [5.41, 5.74) is 0.440. The van der Waals surface area contributed by atoms with Crippen molar-refractivity contribution in [3.05, 3.63) is 23.9 Å². The van der Waals surface area contributed by atoms with Crippen molar-refractivity contribution in [2.75, 3.05) is 19.0 Å². The van der Waals surface area contributed by atoms with Crippen LogP contribution in [0.2, 0.25) is 0 Å². The molecule has 0 atom stereocenters. The van der Waals surface area contributed by atoms with Crippen LogP contribution in [0.25, 0.3) is 0 Å². The van der Waals surface area contributed by atoms with E-state index in [1.807, 2.05) is 0 Å². The highest BCUT2D eigenvalue weighted by Gasteiger charge is 2.27. The van der Waals surface area contributed by atoms with Crippen LogP contribution >= 0.6 is 0 Å². The van der Waals surface area contributed by atoms with Crippen molar-refractivity contribution in [2.45, 2.75) is 18.9 Å². The number of carbonyl (C=O) groups excluding carboxylic acids is 1. The van der Waals surface area contributed by atoms with Crippen molar-refractivity contribution in [1.29, 1.82) is 0 Å². The van der Waals surface area contributed by atoms with Crippen LogP contribution in [-0.4, -0.2) is 35.8 Å². The first kappa shape index (κ1) is 11.9. The third kappa shape index (κ3) is 2.74. The first-order chi connectivity index (χ1) is 8.20. The third-order valence-electron chi connectivity index (χ3n) is 2.98. The Morgan fingerprint density at radius 1 is 1.65 bits per heavy atom. The van der Waals surface area contributed by atoms with Crippen molar-refractivity contribution >= 4 is 11.8 Å². The normalized spacial score (nSPS) is 22.7. The van der Waals surface area contributed by atoms with Gasteiger partial charge in [-0.2, -0.15) is 0 Å². The van der Waals surface area contributed by atoms with Gasteiger partial charge in [0.1, 0.15) is 11.4 Å². The number of esters is 1. The number of aliphatic hydroxyl groups excluding tert-OH is 1. The van der Waals surface area contributed by atoms with E-state index in [-0.39, 0.29) is 6.10 Å². The zero-order chi connectivity index (χ0) is 12.3. The average molecular weight is 236 g/mol. The number of nitrogens with one attached hydrogen (secondary N) is 1. The SMILES string of the molecule is COC(=O)c1cccnc1NCC1CC(O)C1. The molecule has 5 nitrogen and oxygen atoms in total. The number of rotatable bonds is 4.